The van der Waals surface area contributed by atoms with Crippen LogP contribution in [0.4, 0.5) is 0 Å². The summed E-state index contributed by atoms with van der Waals surface area (Å²) >= 11 is 0. The highest BCUT2D eigenvalue weighted by Gasteiger charge is 2.31. The Kier molecular flexibility index (Phi) is 4.09. The average Bonchev–Trinajstić information content (AvgIpc) is 2.96. The molecule has 0 fully saturated rings. The summed E-state index contributed by atoms with van der Waals surface area (Å²) in [6.07, 6.45) is 0.704. The van der Waals surface area contributed by atoms with Crippen LogP contribution in [0.2, 0.25) is 0 Å². The molecule has 1 aliphatic rings. The molecule has 2 heterocycles. The van der Waals surface area contributed by atoms with E-state index in [0.29, 0.717) is 31.0 Å². The van der Waals surface area contributed by atoms with Crippen LogP contribution in [-0.2, 0) is 23.4 Å². The normalized spacial score (nSPS) is 14.5. The SMILES string of the molecule is CC(C)(O)c1n[nH]c2c1CN(C(=O)COc1ccccc1)CC2. The lowest BCUT2D eigenvalue weighted by molar-refractivity contribution is -0.134. The second kappa shape index (κ2) is 6.04. The lowest BCUT2D eigenvalue weighted by Crippen LogP contribution is -2.39. The summed E-state index contributed by atoms with van der Waals surface area (Å²) in [5.41, 5.74) is 1.48. The first-order valence-corrected chi connectivity index (χ1v) is 7.70. The molecule has 6 heteroatoms. The number of carbonyl (C=O) groups is 1. The van der Waals surface area contributed by atoms with E-state index in [0.717, 1.165) is 11.3 Å². The number of hydrogen-bond donors (Lipinski definition) is 2. The minimum atomic E-state index is -1.03. The third kappa shape index (κ3) is 3.37. The van der Waals surface area contributed by atoms with Crippen LogP contribution in [0.3, 0.4) is 0 Å². The molecule has 0 aliphatic carbocycles. The van der Waals surface area contributed by atoms with Crippen LogP contribution < -0.4 is 4.74 Å². The summed E-state index contributed by atoms with van der Waals surface area (Å²) in [4.78, 5) is 14.1. The Labute approximate surface area is 135 Å². The molecule has 1 amide bonds. The zero-order chi connectivity index (χ0) is 16.4. The lowest BCUT2D eigenvalue weighted by atomic mass is 9.96. The first kappa shape index (κ1) is 15.6. The molecule has 0 saturated heterocycles. The fraction of sp³-hybridized carbons (Fsp3) is 0.412. The Morgan fingerprint density at radius 1 is 1.39 bits per heavy atom. The molecule has 122 valence electrons. The molecule has 0 atom stereocenters. The first-order chi connectivity index (χ1) is 10.9. The predicted octanol–water partition coefficient (Wildman–Crippen LogP) is 1.60. The number of aromatic amines is 1. The number of nitrogens with zero attached hydrogens (tertiary/aromatic N) is 2. The molecule has 3 rings (SSSR count). The molecule has 1 aliphatic heterocycles. The fourth-order valence-electron chi connectivity index (χ4n) is 2.77. The lowest BCUT2D eigenvalue weighted by Gasteiger charge is -2.28. The summed E-state index contributed by atoms with van der Waals surface area (Å²) in [6, 6.07) is 9.29. The average molecular weight is 315 g/mol. The Balaban J connectivity index is 1.67. The molecule has 1 aromatic heterocycles. The van der Waals surface area contributed by atoms with Crippen LogP contribution in [0.15, 0.2) is 30.3 Å². The van der Waals surface area contributed by atoms with Gasteiger partial charge in [0.2, 0.25) is 0 Å². The van der Waals surface area contributed by atoms with Gasteiger partial charge in [0.1, 0.15) is 11.4 Å². The van der Waals surface area contributed by atoms with Gasteiger partial charge in [-0.15, -0.1) is 0 Å². The summed E-state index contributed by atoms with van der Waals surface area (Å²) < 4.78 is 5.52. The van der Waals surface area contributed by atoms with Gasteiger partial charge in [-0.3, -0.25) is 9.89 Å². The predicted molar refractivity (Wildman–Crippen MR) is 84.9 cm³/mol. The molecule has 23 heavy (non-hydrogen) atoms. The number of fused-ring (bicyclic) bond motifs is 1. The van der Waals surface area contributed by atoms with Crippen LogP contribution >= 0.6 is 0 Å². The van der Waals surface area contributed by atoms with Crippen molar-refractivity contribution < 1.29 is 14.6 Å². The van der Waals surface area contributed by atoms with Crippen LogP contribution in [0.5, 0.6) is 5.75 Å². The Bertz CT molecular complexity index is 689. The summed E-state index contributed by atoms with van der Waals surface area (Å²) in [5, 5.41) is 17.4. The van der Waals surface area contributed by atoms with Crippen molar-refractivity contribution in [2.24, 2.45) is 0 Å². The quantitative estimate of drug-likeness (QED) is 0.898. The third-order valence-electron chi connectivity index (χ3n) is 3.97. The van der Waals surface area contributed by atoms with E-state index in [-0.39, 0.29) is 12.5 Å². The minimum Gasteiger partial charge on any atom is -0.484 e. The van der Waals surface area contributed by atoms with Crippen LogP contribution in [0.1, 0.15) is 30.8 Å². The maximum Gasteiger partial charge on any atom is 0.260 e. The van der Waals surface area contributed by atoms with Gasteiger partial charge in [0.05, 0.1) is 5.69 Å². The minimum absolute atomic E-state index is 0.00898. The molecule has 0 spiro atoms. The van der Waals surface area contributed by atoms with Crippen molar-refractivity contribution in [3.05, 3.63) is 47.3 Å². The van der Waals surface area contributed by atoms with E-state index < -0.39 is 5.60 Å². The van der Waals surface area contributed by atoms with Gasteiger partial charge in [-0.25, -0.2) is 0 Å². The van der Waals surface area contributed by atoms with Crippen molar-refractivity contribution in [1.29, 1.82) is 0 Å². The number of carbonyl (C=O) groups excluding carboxylic acids is 1. The van der Waals surface area contributed by atoms with E-state index >= 15 is 0 Å². The highest BCUT2D eigenvalue weighted by molar-refractivity contribution is 5.78. The van der Waals surface area contributed by atoms with E-state index in [1.54, 1.807) is 18.7 Å². The Morgan fingerprint density at radius 2 is 2.13 bits per heavy atom. The summed E-state index contributed by atoms with van der Waals surface area (Å²) in [6.45, 7) is 4.47. The molecule has 0 bridgehead atoms. The van der Waals surface area contributed by atoms with E-state index in [1.165, 1.54) is 0 Å². The van der Waals surface area contributed by atoms with E-state index in [2.05, 4.69) is 10.2 Å². The number of hydrogen-bond acceptors (Lipinski definition) is 4. The highest BCUT2D eigenvalue weighted by atomic mass is 16.5. The monoisotopic (exact) mass is 315 g/mol. The topological polar surface area (TPSA) is 78.5 Å². The van der Waals surface area contributed by atoms with Gasteiger partial charge in [-0.1, -0.05) is 18.2 Å². The smallest absolute Gasteiger partial charge is 0.260 e. The second-order valence-corrected chi connectivity index (χ2v) is 6.26. The van der Waals surface area contributed by atoms with Gasteiger partial charge in [0.15, 0.2) is 6.61 Å². The number of rotatable bonds is 4. The Hall–Kier alpha value is -2.34. The molecule has 0 saturated carbocycles. The molecule has 2 N–H and O–H groups in total. The number of H-pyrrole nitrogens is 1. The molecular weight excluding hydrogens is 294 g/mol. The highest BCUT2D eigenvalue weighted by Crippen LogP contribution is 2.28. The Morgan fingerprint density at radius 3 is 2.83 bits per heavy atom. The van der Waals surface area contributed by atoms with Crippen molar-refractivity contribution in [3.8, 4) is 5.75 Å². The van der Waals surface area contributed by atoms with Gasteiger partial charge in [-0.2, -0.15) is 5.10 Å². The number of ether oxygens (including phenoxy) is 1. The van der Waals surface area contributed by atoms with Gasteiger partial charge < -0.3 is 14.7 Å². The zero-order valence-corrected chi connectivity index (χ0v) is 13.4. The number of para-hydroxylation sites is 1. The van der Waals surface area contributed by atoms with Crippen LogP contribution in [-0.4, -0.2) is 39.3 Å². The number of aromatic nitrogens is 2. The number of aliphatic hydroxyl groups is 1. The van der Waals surface area contributed by atoms with Gasteiger partial charge >= 0.3 is 0 Å². The number of benzene rings is 1. The molecule has 0 radical (unpaired) electrons. The molecule has 1 aromatic carbocycles. The van der Waals surface area contributed by atoms with Crippen LogP contribution in [0, 0.1) is 0 Å². The van der Waals surface area contributed by atoms with Crippen molar-refractivity contribution in [2.45, 2.75) is 32.4 Å². The van der Waals surface area contributed by atoms with Crippen LogP contribution in [0.25, 0.3) is 0 Å². The zero-order valence-electron chi connectivity index (χ0n) is 13.4. The number of amides is 1. The van der Waals surface area contributed by atoms with Crippen molar-refractivity contribution in [3.63, 3.8) is 0 Å². The van der Waals surface area contributed by atoms with Crippen molar-refractivity contribution in [2.75, 3.05) is 13.2 Å². The molecule has 2 aromatic rings. The standard InChI is InChI=1S/C17H21N3O3/c1-17(2,22)16-13-10-20(9-8-14(13)18-19-16)15(21)11-23-12-6-4-3-5-7-12/h3-7,22H,8-11H2,1-2H3,(H,18,19). The van der Waals surface area contributed by atoms with Crippen molar-refractivity contribution >= 4 is 5.91 Å². The fourth-order valence-corrected chi connectivity index (χ4v) is 2.77. The summed E-state index contributed by atoms with van der Waals surface area (Å²) in [7, 11) is 0. The number of nitrogens with one attached hydrogen (secondary N) is 1. The van der Waals surface area contributed by atoms with Gasteiger partial charge in [0.25, 0.3) is 5.91 Å². The summed E-state index contributed by atoms with van der Waals surface area (Å²) in [5.74, 6) is 0.612. The first-order valence-electron chi connectivity index (χ1n) is 7.70. The van der Waals surface area contributed by atoms with E-state index in [9.17, 15) is 9.90 Å². The maximum atomic E-state index is 12.4. The molecule has 0 unspecified atom stereocenters. The second-order valence-electron chi connectivity index (χ2n) is 6.26. The molecule has 6 nitrogen and oxygen atoms in total. The maximum absolute atomic E-state index is 12.4. The van der Waals surface area contributed by atoms with E-state index in [1.807, 2.05) is 30.3 Å². The molecular formula is C17H21N3O3. The van der Waals surface area contributed by atoms with Crippen molar-refractivity contribution in [1.82, 2.24) is 15.1 Å². The van der Waals surface area contributed by atoms with Gasteiger partial charge in [-0.05, 0) is 26.0 Å². The van der Waals surface area contributed by atoms with Gasteiger partial charge in [0, 0.05) is 30.8 Å². The largest absolute Gasteiger partial charge is 0.484 e. The van der Waals surface area contributed by atoms with E-state index in [4.69, 9.17) is 4.74 Å². The third-order valence-corrected chi connectivity index (χ3v) is 3.97.